The number of carbonyl (C=O) groups is 1. The lowest BCUT2D eigenvalue weighted by atomic mass is 9.93. The highest BCUT2D eigenvalue weighted by atomic mass is 32.1. The zero-order valence-electron chi connectivity index (χ0n) is 17.8. The van der Waals surface area contributed by atoms with Crippen LogP contribution in [0.1, 0.15) is 70.5 Å². The first-order chi connectivity index (χ1) is 14.6. The lowest BCUT2D eigenvalue weighted by molar-refractivity contribution is 0.0610. The summed E-state index contributed by atoms with van der Waals surface area (Å²) in [7, 11) is 0. The zero-order chi connectivity index (χ0) is 21.1. The molecule has 0 saturated carbocycles. The second kappa shape index (κ2) is 9.00. The number of piperidine rings is 1. The molecule has 30 heavy (non-hydrogen) atoms. The van der Waals surface area contributed by atoms with Crippen molar-refractivity contribution in [2.75, 3.05) is 6.54 Å². The van der Waals surface area contributed by atoms with Gasteiger partial charge >= 0.3 is 0 Å². The summed E-state index contributed by atoms with van der Waals surface area (Å²) in [6.45, 7) is 6.74. The largest absolute Gasteiger partial charge is 0.329 e. The maximum atomic E-state index is 13.5. The van der Waals surface area contributed by atoms with E-state index in [1.165, 1.54) is 11.3 Å². The van der Waals surface area contributed by atoms with Crippen molar-refractivity contribution in [1.29, 1.82) is 0 Å². The highest BCUT2D eigenvalue weighted by Crippen LogP contribution is 2.37. The highest BCUT2D eigenvalue weighted by molar-refractivity contribution is 7.13. The predicted octanol–water partition coefficient (Wildman–Crippen LogP) is 4.93. The summed E-state index contributed by atoms with van der Waals surface area (Å²) in [6, 6.07) is 3.90. The summed E-state index contributed by atoms with van der Waals surface area (Å²) >= 11 is 1.48. The van der Waals surface area contributed by atoms with Crippen molar-refractivity contribution in [2.45, 2.75) is 58.9 Å². The summed E-state index contributed by atoms with van der Waals surface area (Å²) in [5.41, 5.74) is 3.78. The van der Waals surface area contributed by atoms with Crippen molar-refractivity contribution in [3.05, 3.63) is 57.8 Å². The van der Waals surface area contributed by atoms with Gasteiger partial charge < -0.3 is 4.90 Å². The van der Waals surface area contributed by atoms with Gasteiger partial charge in [0.2, 0.25) is 0 Å². The molecule has 4 rings (SSSR count). The normalized spacial score (nSPS) is 16.6. The first-order valence-electron chi connectivity index (χ1n) is 10.6. The van der Waals surface area contributed by atoms with Gasteiger partial charge in [0.1, 0.15) is 10.7 Å². The van der Waals surface area contributed by atoms with Gasteiger partial charge in [0.25, 0.3) is 5.91 Å². The molecule has 156 valence electrons. The Labute approximate surface area is 181 Å². The molecule has 1 amide bonds. The Kier molecular flexibility index (Phi) is 6.18. The van der Waals surface area contributed by atoms with Crippen molar-refractivity contribution in [1.82, 2.24) is 24.8 Å². The third-order valence-electron chi connectivity index (χ3n) is 5.51. The molecular weight excluding hydrogens is 394 g/mol. The standard InChI is InChI=1S/C23H27N5OS/c1-4-7-20-25-14-18(17-9-11-24-12-10-17)21(27-20)19-8-5-6-13-28(19)23(29)22-15(2)26-16(3)30-22/h9-12,14,19H,4-8,13H2,1-3H3/t19-/m0/s1. The van der Waals surface area contributed by atoms with Gasteiger partial charge in [0.05, 0.1) is 22.4 Å². The molecule has 0 radical (unpaired) electrons. The van der Waals surface area contributed by atoms with Crippen LogP contribution in [0.25, 0.3) is 11.1 Å². The van der Waals surface area contributed by atoms with E-state index in [1.807, 2.05) is 37.1 Å². The van der Waals surface area contributed by atoms with E-state index in [4.69, 9.17) is 4.98 Å². The Morgan fingerprint density at radius 2 is 2.00 bits per heavy atom. The number of hydrogen-bond acceptors (Lipinski definition) is 6. The fourth-order valence-electron chi connectivity index (χ4n) is 4.10. The van der Waals surface area contributed by atoms with Crippen molar-refractivity contribution in [3.8, 4) is 11.1 Å². The summed E-state index contributed by atoms with van der Waals surface area (Å²) in [6.07, 6.45) is 10.3. The average molecular weight is 422 g/mol. The van der Waals surface area contributed by atoms with E-state index in [0.717, 1.165) is 76.9 Å². The minimum atomic E-state index is -0.0603. The quantitative estimate of drug-likeness (QED) is 0.584. The van der Waals surface area contributed by atoms with Gasteiger partial charge in [-0.05, 0) is 57.2 Å². The predicted molar refractivity (Wildman–Crippen MR) is 118 cm³/mol. The van der Waals surface area contributed by atoms with E-state index in [-0.39, 0.29) is 11.9 Å². The van der Waals surface area contributed by atoms with Gasteiger partial charge in [0, 0.05) is 37.1 Å². The molecule has 7 heteroatoms. The molecule has 3 aromatic rings. The lowest BCUT2D eigenvalue weighted by Crippen LogP contribution is -2.39. The number of thiazole rings is 1. The monoisotopic (exact) mass is 421 g/mol. The maximum absolute atomic E-state index is 13.5. The summed E-state index contributed by atoms with van der Waals surface area (Å²) in [5, 5.41) is 0.925. The number of nitrogens with zero attached hydrogens (tertiary/aromatic N) is 5. The first kappa shape index (κ1) is 20.6. The molecule has 0 unspecified atom stereocenters. The molecule has 6 nitrogen and oxygen atoms in total. The van der Waals surface area contributed by atoms with E-state index < -0.39 is 0 Å². The number of amides is 1. The maximum Gasteiger partial charge on any atom is 0.266 e. The molecule has 0 spiro atoms. The zero-order valence-corrected chi connectivity index (χ0v) is 18.6. The Morgan fingerprint density at radius 3 is 2.70 bits per heavy atom. The molecule has 1 aliphatic rings. The summed E-state index contributed by atoms with van der Waals surface area (Å²) in [5.74, 6) is 0.909. The van der Waals surface area contributed by atoms with Gasteiger partial charge in [-0.3, -0.25) is 9.78 Å². The average Bonchev–Trinajstić information content (AvgIpc) is 3.12. The summed E-state index contributed by atoms with van der Waals surface area (Å²) < 4.78 is 0. The van der Waals surface area contributed by atoms with Crippen LogP contribution in [-0.2, 0) is 6.42 Å². The van der Waals surface area contributed by atoms with Gasteiger partial charge in [-0.1, -0.05) is 6.92 Å². The van der Waals surface area contributed by atoms with Crippen LogP contribution in [-0.4, -0.2) is 37.3 Å². The van der Waals surface area contributed by atoms with Crippen LogP contribution in [0, 0.1) is 13.8 Å². The SMILES string of the molecule is CCCc1ncc(-c2ccncc2)c([C@@H]2CCCCN2C(=O)c2sc(C)nc2C)n1. The van der Waals surface area contributed by atoms with Gasteiger partial charge in [0.15, 0.2) is 0 Å². The molecule has 1 atom stereocenters. The van der Waals surface area contributed by atoms with Gasteiger partial charge in [-0.25, -0.2) is 15.0 Å². The van der Waals surface area contributed by atoms with Crippen LogP contribution < -0.4 is 0 Å². The van der Waals surface area contributed by atoms with Crippen LogP contribution >= 0.6 is 11.3 Å². The van der Waals surface area contributed by atoms with Crippen molar-refractivity contribution in [3.63, 3.8) is 0 Å². The molecule has 1 aliphatic heterocycles. The second-order valence-corrected chi connectivity index (χ2v) is 8.93. The number of pyridine rings is 1. The number of carbonyl (C=O) groups excluding carboxylic acids is 1. The van der Waals surface area contributed by atoms with Crippen LogP contribution in [0.15, 0.2) is 30.7 Å². The van der Waals surface area contributed by atoms with Crippen molar-refractivity contribution < 1.29 is 4.79 Å². The Balaban J connectivity index is 1.78. The Morgan fingerprint density at radius 1 is 1.20 bits per heavy atom. The highest BCUT2D eigenvalue weighted by Gasteiger charge is 2.33. The van der Waals surface area contributed by atoms with Gasteiger partial charge in [-0.15, -0.1) is 11.3 Å². The minimum Gasteiger partial charge on any atom is -0.329 e. The third-order valence-corrected chi connectivity index (χ3v) is 6.57. The second-order valence-electron chi connectivity index (χ2n) is 7.73. The van der Waals surface area contributed by atoms with E-state index in [1.54, 1.807) is 12.4 Å². The van der Waals surface area contributed by atoms with Crippen LogP contribution in [0.5, 0.6) is 0 Å². The Hall–Kier alpha value is -2.67. The van der Waals surface area contributed by atoms with E-state index in [2.05, 4.69) is 21.9 Å². The van der Waals surface area contributed by atoms with Gasteiger partial charge in [-0.2, -0.15) is 0 Å². The molecule has 1 fully saturated rings. The molecule has 0 aromatic carbocycles. The first-order valence-corrected chi connectivity index (χ1v) is 11.4. The molecule has 0 N–H and O–H groups in total. The number of hydrogen-bond donors (Lipinski definition) is 0. The number of likely N-dealkylation sites (tertiary alicyclic amines) is 1. The van der Waals surface area contributed by atoms with Crippen molar-refractivity contribution >= 4 is 17.2 Å². The molecule has 0 bridgehead atoms. The van der Waals surface area contributed by atoms with Crippen LogP contribution in [0.4, 0.5) is 0 Å². The fourth-order valence-corrected chi connectivity index (χ4v) is 4.98. The number of aryl methyl sites for hydroxylation is 3. The lowest BCUT2D eigenvalue weighted by Gasteiger charge is -2.36. The van der Waals surface area contributed by atoms with Crippen molar-refractivity contribution in [2.24, 2.45) is 0 Å². The van der Waals surface area contributed by atoms with Crippen LogP contribution in [0.3, 0.4) is 0 Å². The molecular formula is C23H27N5OS. The topological polar surface area (TPSA) is 71.9 Å². The van der Waals surface area contributed by atoms with E-state index in [0.29, 0.717) is 0 Å². The Bertz CT molecular complexity index is 1030. The summed E-state index contributed by atoms with van der Waals surface area (Å²) in [4.78, 5) is 34.5. The van der Waals surface area contributed by atoms with E-state index >= 15 is 0 Å². The third kappa shape index (κ3) is 4.12. The minimum absolute atomic E-state index is 0.0603. The molecule has 3 aromatic heterocycles. The number of aromatic nitrogens is 4. The molecule has 4 heterocycles. The smallest absolute Gasteiger partial charge is 0.266 e. The molecule has 1 saturated heterocycles. The van der Waals surface area contributed by atoms with Crippen LogP contribution in [0.2, 0.25) is 0 Å². The van der Waals surface area contributed by atoms with E-state index in [9.17, 15) is 4.79 Å². The fraction of sp³-hybridized carbons (Fsp3) is 0.435. The molecule has 0 aliphatic carbocycles. The number of rotatable bonds is 5.